The minimum atomic E-state index is -1.44. The summed E-state index contributed by atoms with van der Waals surface area (Å²) >= 11 is 0. The summed E-state index contributed by atoms with van der Waals surface area (Å²) in [7, 11) is 0. The molecular weight excluding hydrogens is 204 g/mol. The van der Waals surface area contributed by atoms with E-state index in [1.807, 2.05) is 0 Å². The molecule has 94 valence electrons. The molecule has 0 unspecified atom stereocenters. The van der Waals surface area contributed by atoms with Gasteiger partial charge in [0.1, 0.15) is 11.9 Å². The molecule has 0 spiro atoms. The Balaban J connectivity index is 4.60. The second-order valence-electron chi connectivity index (χ2n) is 4.29. The van der Waals surface area contributed by atoms with Crippen molar-refractivity contribution in [2.24, 2.45) is 5.92 Å². The molecule has 0 aromatic heterocycles. The van der Waals surface area contributed by atoms with Crippen molar-refractivity contribution < 1.29 is 14.7 Å². The highest BCUT2D eigenvalue weighted by atomic mass is 16.3. The number of hydrogen-bond acceptors (Lipinski definition) is 3. The zero-order valence-corrected chi connectivity index (χ0v) is 10.7. The molecular formula is C13H24O3. The van der Waals surface area contributed by atoms with Crippen LogP contribution in [-0.4, -0.2) is 22.8 Å². The first-order chi connectivity index (χ1) is 7.56. The second-order valence-corrected chi connectivity index (χ2v) is 4.29. The van der Waals surface area contributed by atoms with Crippen LogP contribution in [-0.2, 0) is 9.59 Å². The zero-order chi connectivity index (χ0) is 12.6. The van der Waals surface area contributed by atoms with Gasteiger partial charge >= 0.3 is 0 Å². The molecule has 0 bridgehead atoms. The van der Waals surface area contributed by atoms with Gasteiger partial charge in [-0.25, -0.2) is 0 Å². The van der Waals surface area contributed by atoms with Gasteiger partial charge in [-0.15, -0.1) is 0 Å². The smallest absolute Gasteiger partial charge is 0.164 e. The topological polar surface area (TPSA) is 54.4 Å². The molecule has 3 heteroatoms. The molecule has 0 saturated heterocycles. The number of hydrogen-bond donors (Lipinski definition) is 1. The third-order valence-corrected chi connectivity index (χ3v) is 3.24. The lowest BCUT2D eigenvalue weighted by molar-refractivity contribution is -0.147. The standard InChI is InChI=1S/C13H24O3/c1-4-7-8-9-11(10-14)13(16,6-3)12(15)5-2/h10-11,16H,4-9H2,1-3H3/t11-,13+/m0/s1. The van der Waals surface area contributed by atoms with Gasteiger partial charge in [-0.05, 0) is 12.8 Å². The highest BCUT2D eigenvalue weighted by Gasteiger charge is 2.40. The molecule has 0 aromatic rings. The van der Waals surface area contributed by atoms with E-state index in [2.05, 4.69) is 6.92 Å². The molecule has 0 aliphatic rings. The van der Waals surface area contributed by atoms with E-state index in [0.717, 1.165) is 25.5 Å². The third kappa shape index (κ3) is 3.71. The van der Waals surface area contributed by atoms with Gasteiger partial charge < -0.3 is 9.90 Å². The minimum Gasteiger partial charge on any atom is -0.381 e. The predicted octanol–water partition coefficient (Wildman–Crippen LogP) is 2.50. The van der Waals surface area contributed by atoms with Crippen molar-refractivity contribution in [1.29, 1.82) is 0 Å². The number of carbonyl (C=O) groups excluding carboxylic acids is 2. The molecule has 16 heavy (non-hydrogen) atoms. The Morgan fingerprint density at radius 2 is 1.94 bits per heavy atom. The fraction of sp³-hybridized carbons (Fsp3) is 0.846. The quantitative estimate of drug-likeness (QED) is 0.487. The van der Waals surface area contributed by atoms with E-state index < -0.39 is 11.5 Å². The molecule has 2 atom stereocenters. The van der Waals surface area contributed by atoms with Gasteiger partial charge in [0.05, 0.1) is 5.92 Å². The van der Waals surface area contributed by atoms with E-state index >= 15 is 0 Å². The molecule has 1 N–H and O–H groups in total. The summed E-state index contributed by atoms with van der Waals surface area (Å²) in [6.45, 7) is 5.56. The lowest BCUT2D eigenvalue weighted by Gasteiger charge is -2.30. The van der Waals surface area contributed by atoms with Gasteiger partial charge in [-0.2, -0.15) is 0 Å². The largest absolute Gasteiger partial charge is 0.381 e. The summed E-state index contributed by atoms with van der Waals surface area (Å²) in [6, 6.07) is 0. The summed E-state index contributed by atoms with van der Waals surface area (Å²) in [5.41, 5.74) is -1.44. The number of ketones is 1. The van der Waals surface area contributed by atoms with Crippen LogP contribution in [0.4, 0.5) is 0 Å². The Morgan fingerprint density at radius 3 is 2.31 bits per heavy atom. The molecule has 0 amide bonds. The van der Waals surface area contributed by atoms with Crippen LogP contribution >= 0.6 is 0 Å². The Morgan fingerprint density at radius 1 is 1.31 bits per heavy atom. The van der Waals surface area contributed by atoms with Crippen molar-refractivity contribution in [2.45, 2.75) is 64.9 Å². The summed E-state index contributed by atoms with van der Waals surface area (Å²) in [4.78, 5) is 22.7. The highest BCUT2D eigenvalue weighted by Crippen LogP contribution is 2.27. The lowest BCUT2D eigenvalue weighted by Crippen LogP contribution is -2.46. The van der Waals surface area contributed by atoms with Gasteiger partial charge in [0.25, 0.3) is 0 Å². The maximum absolute atomic E-state index is 11.7. The molecule has 0 aliphatic carbocycles. The van der Waals surface area contributed by atoms with Crippen LogP contribution in [0.25, 0.3) is 0 Å². The zero-order valence-electron chi connectivity index (χ0n) is 10.7. The first-order valence-corrected chi connectivity index (χ1v) is 6.27. The second kappa shape index (κ2) is 7.55. The van der Waals surface area contributed by atoms with Crippen molar-refractivity contribution in [3.8, 4) is 0 Å². The first-order valence-electron chi connectivity index (χ1n) is 6.27. The molecule has 0 rings (SSSR count). The van der Waals surface area contributed by atoms with E-state index in [9.17, 15) is 14.7 Å². The van der Waals surface area contributed by atoms with Crippen LogP contribution in [0.15, 0.2) is 0 Å². The third-order valence-electron chi connectivity index (χ3n) is 3.24. The molecule has 0 aliphatic heterocycles. The summed E-state index contributed by atoms with van der Waals surface area (Å²) in [5, 5.41) is 10.3. The van der Waals surface area contributed by atoms with Gasteiger partial charge in [0, 0.05) is 6.42 Å². The van der Waals surface area contributed by atoms with Crippen LogP contribution in [0, 0.1) is 5.92 Å². The monoisotopic (exact) mass is 228 g/mol. The predicted molar refractivity (Wildman–Crippen MR) is 64.2 cm³/mol. The molecule has 0 radical (unpaired) electrons. The van der Waals surface area contributed by atoms with Crippen molar-refractivity contribution in [1.82, 2.24) is 0 Å². The van der Waals surface area contributed by atoms with E-state index in [-0.39, 0.29) is 12.2 Å². The number of unbranched alkanes of at least 4 members (excludes halogenated alkanes) is 2. The highest BCUT2D eigenvalue weighted by molar-refractivity contribution is 5.89. The fourth-order valence-corrected chi connectivity index (χ4v) is 2.01. The average molecular weight is 228 g/mol. The average Bonchev–Trinajstić information content (AvgIpc) is 2.32. The summed E-state index contributed by atoms with van der Waals surface area (Å²) < 4.78 is 0. The number of rotatable bonds is 9. The van der Waals surface area contributed by atoms with Gasteiger partial charge in [-0.1, -0.05) is 40.0 Å². The lowest BCUT2D eigenvalue weighted by atomic mass is 9.78. The molecule has 0 fully saturated rings. The van der Waals surface area contributed by atoms with E-state index in [0.29, 0.717) is 12.8 Å². The van der Waals surface area contributed by atoms with Crippen molar-refractivity contribution in [3.05, 3.63) is 0 Å². The molecule has 3 nitrogen and oxygen atoms in total. The van der Waals surface area contributed by atoms with E-state index in [1.165, 1.54) is 0 Å². The van der Waals surface area contributed by atoms with Gasteiger partial charge in [0.15, 0.2) is 5.78 Å². The van der Waals surface area contributed by atoms with Gasteiger partial charge in [-0.3, -0.25) is 4.79 Å². The van der Waals surface area contributed by atoms with Crippen LogP contribution in [0.2, 0.25) is 0 Å². The summed E-state index contributed by atoms with van der Waals surface area (Å²) in [6.07, 6.45) is 4.93. The van der Waals surface area contributed by atoms with Crippen LogP contribution in [0.3, 0.4) is 0 Å². The molecule has 0 aromatic carbocycles. The van der Waals surface area contributed by atoms with Crippen LogP contribution in [0.1, 0.15) is 59.3 Å². The fourth-order valence-electron chi connectivity index (χ4n) is 2.01. The van der Waals surface area contributed by atoms with E-state index in [1.54, 1.807) is 13.8 Å². The van der Waals surface area contributed by atoms with Crippen LogP contribution < -0.4 is 0 Å². The SMILES string of the molecule is CCCCC[C@@H](C=O)[C@](O)(CC)C(=O)CC. The van der Waals surface area contributed by atoms with Crippen LogP contribution in [0.5, 0.6) is 0 Å². The Labute approximate surface area is 98.2 Å². The van der Waals surface area contributed by atoms with Crippen molar-refractivity contribution >= 4 is 12.1 Å². The summed E-state index contributed by atoms with van der Waals surface area (Å²) in [5.74, 6) is -0.764. The Bertz CT molecular complexity index is 225. The maximum Gasteiger partial charge on any atom is 0.164 e. The molecule has 0 heterocycles. The number of Topliss-reactive ketones (excluding diaryl/α,β-unsaturated/α-hetero) is 1. The first kappa shape index (κ1) is 15.3. The van der Waals surface area contributed by atoms with Gasteiger partial charge in [0.2, 0.25) is 0 Å². The normalized spacial score (nSPS) is 16.5. The number of aliphatic hydroxyl groups is 1. The van der Waals surface area contributed by atoms with Crippen molar-refractivity contribution in [3.63, 3.8) is 0 Å². The number of carbonyl (C=O) groups is 2. The number of aldehydes is 1. The minimum absolute atomic E-state index is 0.219. The maximum atomic E-state index is 11.7. The van der Waals surface area contributed by atoms with E-state index in [4.69, 9.17) is 0 Å². The Kier molecular flexibility index (Phi) is 7.22. The van der Waals surface area contributed by atoms with Crippen molar-refractivity contribution in [2.75, 3.05) is 0 Å². The molecule has 0 saturated carbocycles. The Hall–Kier alpha value is -0.700.